The molecule has 0 amide bonds. The van der Waals surface area contributed by atoms with Gasteiger partial charge in [-0.15, -0.1) is 0 Å². The molecule has 0 N–H and O–H groups in total. The molecule has 1 saturated heterocycles. The summed E-state index contributed by atoms with van der Waals surface area (Å²) >= 11 is 0. The van der Waals surface area contributed by atoms with Crippen LogP contribution in [0.4, 0.5) is 0 Å². The first-order chi connectivity index (χ1) is 10.2. The van der Waals surface area contributed by atoms with Gasteiger partial charge in [0.25, 0.3) is 0 Å². The van der Waals surface area contributed by atoms with Crippen LogP contribution in [-0.2, 0) is 14.3 Å². The third-order valence-electron chi connectivity index (χ3n) is 3.90. The normalized spacial score (nSPS) is 21.9. The van der Waals surface area contributed by atoms with Gasteiger partial charge in [0.05, 0.1) is 0 Å². The van der Waals surface area contributed by atoms with E-state index in [4.69, 9.17) is 9.47 Å². The maximum Gasteiger partial charge on any atom is 0.332 e. The highest BCUT2D eigenvalue weighted by molar-refractivity contribution is 5.72. The Morgan fingerprint density at radius 2 is 1.38 bits per heavy atom. The minimum atomic E-state index is -0.395. The molecule has 0 radical (unpaired) electrons. The molecule has 0 spiro atoms. The Morgan fingerprint density at radius 3 is 1.95 bits per heavy atom. The maximum absolute atomic E-state index is 11.7. The number of aryl methyl sites for hydroxylation is 2. The second-order valence-corrected chi connectivity index (χ2v) is 5.36. The number of cyclic esters (lactones) is 1. The molecule has 108 valence electrons. The molecule has 0 unspecified atom stereocenters. The molecular weight excluding hydrogens is 264 g/mol. The van der Waals surface area contributed by atoms with Gasteiger partial charge in [0.1, 0.15) is 12.7 Å². The number of hydrogen-bond acceptors (Lipinski definition) is 3. The molecule has 3 rings (SSSR count). The van der Waals surface area contributed by atoms with Gasteiger partial charge >= 0.3 is 5.97 Å². The first-order valence-electron chi connectivity index (χ1n) is 7.09. The lowest BCUT2D eigenvalue weighted by Gasteiger charge is -2.33. The molecule has 3 heteroatoms. The standard InChI is InChI=1S/C18H18O3/c1-12-7-3-5-9-14(12)17-18(21-16(19)11-20-17)15-10-6-4-8-13(15)2/h3-10,17-18H,11H2,1-2H3/t17-,18-/m0/s1. The Morgan fingerprint density at radius 1 is 0.857 bits per heavy atom. The molecule has 0 bridgehead atoms. The highest BCUT2D eigenvalue weighted by Gasteiger charge is 2.35. The minimum Gasteiger partial charge on any atom is -0.453 e. The monoisotopic (exact) mass is 282 g/mol. The van der Waals surface area contributed by atoms with E-state index in [9.17, 15) is 4.79 Å². The van der Waals surface area contributed by atoms with E-state index in [1.54, 1.807) is 0 Å². The largest absolute Gasteiger partial charge is 0.453 e. The summed E-state index contributed by atoms with van der Waals surface area (Å²) in [6, 6.07) is 16.0. The van der Waals surface area contributed by atoms with Gasteiger partial charge in [-0.25, -0.2) is 4.79 Å². The lowest BCUT2D eigenvalue weighted by molar-refractivity contribution is -0.185. The number of rotatable bonds is 2. The molecule has 0 aromatic heterocycles. The van der Waals surface area contributed by atoms with E-state index in [0.717, 1.165) is 22.3 Å². The van der Waals surface area contributed by atoms with Crippen LogP contribution in [0.5, 0.6) is 0 Å². The smallest absolute Gasteiger partial charge is 0.332 e. The predicted molar refractivity (Wildman–Crippen MR) is 79.9 cm³/mol. The summed E-state index contributed by atoms with van der Waals surface area (Å²) < 4.78 is 11.4. The molecule has 2 atom stereocenters. The summed E-state index contributed by atoms with van der Waals surface area (Å²) in [6.07, 6.45) is -0.654. The van der Waals surface area contributed by atoms with E-state index in [1.165, 1.54) is 0 Å². The first kappa shape index (κ1) is 13.8. The summed E-state index contributed by atoms with van der Waals surface area (Å²) in [5.41, 5.74) is 4.30. The third kappa shape index (κ3) is 2.69. The van der Waals surface area contributed by atoms with Crippen molar-refractivity contribution in [1.29, 1.82) is 0 Å². The van der Waals surface area contributed by atoms with Crippen LogP contribution in [0.2, 0.25) is 0 Å². The minimum absolute atomic E-state index is 0.00137. The maximum atomic E-state index is 11.7. The molecule has 2 aromatic rings. The van der Waals surface area contributed by atoms with Gasteiger partial charge in [0.15, 0.2) is 6.10 Å². The lowest BCUT2D eigenvalue weighted by atomic mass is 9.92. The molecule has 1 fully saturated rings. The summed E-state index contributed by atoms with van der Waals surface area (Å²) in [5, 5.41) is 0. The fourth-order valence-electron chi connectivity index (χ4n) is 2.77. The van der Waals surface area contributed by atoms with Crippen molar-refractivity contribution in [2.75, 3.05) is 6.61 Å². The highest BCUT2D eigenvalue weighted by atomic mass is 16.6. The number of carbonyl (C=O) groups excluding carboxylic acids is 1. The average molecular weight is 282 g/mol. The van der Waals surface area contributed by atoms with Crippen molar-refractivity contribution in [3.8, 4) is 0 Å². The van der Waals surface area contributed by atoms with Crippen molar-refractivity contribution in [2.24, 2.45) is 0 Å². The van der Waals surface area contributed by atoms with Gasteiger partial charge in [0.2, 0.25) is 0 Å². The van der Waals surface area contributed by atoms with Crippen molar-refractivity contribution >= 4 is 5.97 Å². The zero-order valence-corrected chi connectivity index (χ0v) is 12.2. The van der Waals surface area contributed by atoms with Crippen molar-refractivity contribution in [3.05, 3.63) is 70.8 Å². The van der Waals surface area contributed by atoms with Crippen LogP contribution in [0.25, 0.3) is 0 Å². The van der Waals surface area contributed by atoms with E-state index in [2.05, 4.69) is 0 Å². The van der Waals surface area contributed by atoms with Gasteiger partial charge < -0.3 is 9.47 Å². The third-order valence-corrected chi connectivity index (χ3v) is 3.90. The summed E-state index contributed by atoms with van der Waals surface area (Å²) in [5.74, 6) is -0.312. The molecule has 21 heavy (non-hydrogen) atoms. The quantitative estimate of drug-likeness (QED) is 0.789. The molecule has 0 aliphatic carbocycles. The second kappa shape index (κ2) is 5.70. The Hall–Kier alpha value is -2.13. The predicted octanol–water partition coefficient (Wildman–Crippen LogP) is 3.66. The Balaban J connectivity index is 2.04. The number of benzene rings is 2. The van der Waals surface area contributed by atoms with Crippen LogP contribution >= 0.6 is 0 Å². The number of ether oxygens (including phenoxy) is 2. The zero-order chi connectivity index (χ0) is 14.8. The van der Waals surface area contributed by atoms with Crippen LogP contribution in [-0.4, -0.2) is 12.6 Å². The summed E-state index contributed by atoms with van der Waals surface area (Å²) in [7, 11) is 0. The van der Waals surface area contributed by atoms with Crippen LogP contribution in [0.1, 0.15) is 34.5 Å². The van der Waals surface area contributed by atoms with Gasteiger partial charge in [-0.2, -0.15) is 0 Å². The topological polar surface area (TPSA) is 35.5 Å². The zero-order valence-electron chi connectivity index (χ0n) is 12.2. The lowest BCUT2D eigenvalue weighted by Crippen LogP contribution is -2.31. The number of esters is 1. The fraction of sp³-hybridized carbons (Fsp3) is 0.278. The Labute approximate surface area is 124 Å². The summed E-state index contributed by atoms with van der Waals surface area (Å²) in [6.45, 7) is 4.07. The molecular formula is C18H18O3. The van der Waals surface area contributed by atoms with Gasteiger partial charge in [0, 0.05) is 0 Å². The molecule has 2 aromatic carbocycles. The van der Waals surface area contributed by atoms with Crippen LogP contribution in [0.3, 0.4) is 0 Å². The molecule has 1 aliphatic heterocycles. The van der Waals surface area contributed by atoms with Crippen LogP contribution < -0.4 is 0 Å². The Bertz CT molecular complexity index is 663. The van der Waals surface area contributed by atoms with Crippen molar-refractivity contribution in [2.45, 2.75) is 26.1 Å². The van der Waals surface area contributed by atoms with Crippen LogP contribution in [0, 0.1) is 13.8 Å². The average Bonchev–Trinajstić information content (AvgIpc) is 2.49. The van der Waals surface area contributed by atoms with E-state index < -0.39 is 6.10 Å². The first-order valence-corrected chi connectivity index (χ1v) is 7.09. The van der Waals surface area contributed by atoms with E-state index >= 15 is 0 Å². The Kier molecular flexibility index (Phi) is 3.76. The molecule has 1 heterocycles. The molecule has 1 aliphatic rings. The van der Waals surface area contributed by atoms with Crippen LogP contribution in [0.15, 0.2) is 48.5 Å². The number of hydrogen-bond donors (Lipinski definition) is 0. The van der Waals surface area contributed by atoms with E-state index in [0.29, 0.717) is 0 Å². The van der Waals surface area contributed by atoms with Crippen molar-refractivity contribution in [3.63, 3.8) is 0 Å². The van der Waals surface area contributed by atoms with Crippen molar-refractivity contribution in [1.82, 2.24) is 0 Å². The van der Waals surface area contributed by atoms with Crippen molar-refractivity contribution < 1.29 is 14.3 Å². The molecule has 0 saturated carbocycles. The summed E-state index contributed by atoms with van der Waals surface area (Å²) in [4.78, 5) is 11.7. The fourth-order valence-corrected chi connectivity index (χ4v) is 2.77. The SMILES string of the molecule is Cc1ccccc1[C@@H]1OCC(=O)O[C@H]1c1ccccc1C. The number of carbonyl (C=O) groups is 1. The highest BCUT2D eigenvalue weighted by Crippen LogP contribution is 2.40. The van der Waals surface area contributed by atoms with Gasteiger partial charge in [-0.1, -0.05) is 48.5 Å². The molecule has 3 nitrogen and oxygen atoms in total. The second-order valence-electron chi connectivity index (χ2n) is 5.36. The van der Waals surface area contributed by atoms with Gasteiger partial charge in [-0.3, -0.25) is 0 Å². The van der Waals surface area contributed by atoms with E-state index in [1.807, 2.05) is 62.4 Å². The van der Waals surface area contributed by atoms with E-state index in [-0.39, 0.29) is 18.7 Å². The van der Waals surface area contributed by atoms with Gasteiger partial charge in [-0.05, 0) is 36.1 Å².